The van der Waals surface area contributed by atoms with Crippen LogP contribution < -0.4 is 20.3 Å². The second kappa shape index (κ2) is 7.91. The minimum atomic E-state index is -3.71. The summed E-state index contributed by atoms with van der Waals surface area (Å²) in [4.78, 5) is 26.7. The second-order valence-electron chi connectivity index (χ2n) is 7.48. The molecule has 2 amide bonds. The topological polar surface area (TPSA) is 108 Å². The maximum Gasteiger partial charge on any atom is 0.253 e. The van der Waals surface area contributed by atoms with Crippen LogP contribution in [0.5, 0.6) is 0 Å². The maximum atomic E-state index is 13.4. The number of rotatable bonds is 7. The van der Waals surface area contributed by atoms with Gasteiger partial charge in [-0.25, -0.2) is 13.1 Å². The number of anilines is 1. The number of hydrogen-bond acceptors (Lipinski definition) is 5. The minimum Gasteiger partial charge on any atom is -0.358 e. The lowest BCUT2D eigenvalue weighted by atomic mass is 9.91. The van der Waals surface area contributed by atoms with Crippen molar-refractivity contribution >= 4 is 27.5 Å². The van der Waals surface area contributed by atoms with E-state index in [1.807, 2.05) is 0 Å². The van der Waals surface area contributed by atoms with Crippen LogP contribution in [-0.4, -0.2) is 51.7 Å². The molecule has 0 bridgehead atoms. The van der Waals surface area contributed by atoms with Crippen molar-refractivity contribution in [2.45, 2.75) is 31.1 Å². The van der Waals surface area contributed by atoms with Gasteiger partial charge in [-0.15, -0.1) is 6.42 Å². The van der Waals surface area contributed by atoms with E-state index in [0.717, 1.165) is 0 Å². The van der Waals surface area contributed by atoms with Gasteiger partial charge in [-0.1, -0.05) is 24.1 Å². The van der Waals surface area contributed by atoms with Gasteiger partial charge in [-0.2, -0.15) is 0 Å². The fourth-order valence-electron chi connectivity index (χ4n) is 2.93. The molecule has 1 aromatic carbocycles. The van der Waals surface area contributed by atoms with Crippen molar-refractivity contribution in [1.29, 1.82) is 0 Å². The molecule has 0 saturated heterocycles. The predicted octanol–water partition coefficient (Wildman–Crippen LogP) is -0.0848. The number of hydrogen-bond donors (Lipinski definition) is 3. The number of likely N-dealkylation sites (N-methyl/N-ethyl adjacent to an activating group) is 1. The molecule has 9 heteroatoms. The summed E-state index contributed by atoms with van der Waals surface area (Å²) in [5.74, 6) is 1.64. The number of carbonyl (C=O) groups excluding carboxylic acids is 2. The van der Waals surface area contributed by atoms with Crippen molar-refractivity contribution in [2.24, 2.45) is 0 Å². The first kappa shape index (κ1) is 21.9. The van der Waals surface area contributed by atoms with E-state index < -0.39 is 26.2 Å². The van der Waals surface area contributed by atoms with E-state index in [-0.39, 0.29) is 25.5 Å². The first-order valence-electron chi connectivity index (χ1n) is 8.80. The van der Waals surface area contributed by atoms with Crippen LogP contribution in [0.4, 0.5) is 5.69 Å². The van der Waals surface area contributed by atoms with E-state index >= 15 is 0 Å². The highest BCUT2D eigenvalue weighted by Crippen LogP contribution is 2.40. The van der Waals surface area contributed by atoms with Crippen LogP contribution in [0.15, 0.2) is 24.3 Å². The monoisotopic (exact) mass is 406 g/mol. The zero-order chi connectivity index (χ0) is 21.2. The number of para-hydroxylation sites is 1. The number of sulfonamides is 1. The fraction of sp³-hybridized carbons (Fsp3) is 0.474. The van der Waals surface area contributed by atoms with Gasteiger partial charge in [0.05, 0.1) is 11.3 Å². The van der Waals surface area contributed by atoms with E-state index in [0.29, 0.717) is 11.3 Å². The Morgan fingerprint density at radius 1 is 1.29 bits per heavy atom. The maximum absolute atomic E-state index is 13.4. The molecule has 0 saturated carbocycles. The number of fused-ring (bicyclic) bond motifs is 1. The Kier molecular flexibility index (Phi) is 6.18. The quantitative estimate of drug-likeness (QED) is 0.549. The molecule has 1 aliphatic rings. The molecule has 3 N–H and O–H groups in total. The van der Waals surface area contributed by atoms with Crippen LogP contribution in [0.25, 0.3) is 0 Å². The Hall–Kier alpha value is -2.41. The molecule has 1 aliphatic heterocycles. The molecular weight excluding hydrogens is 380 g/mol. The average Bonchev–Trinajstić information content (AvgIpc) is 2.86. The molecule has 1 unspecified atom stereocenters. The smallest absolute Gasteiger partial charge is 0.253 e. The van der Waals surface area contributed by atoms with E-state index in [9.17, 15) is 18.0 Å². The third kappa shape index (κ3) is 3.90. The highest BCUT2D eigenvalue weighted by molar-refractivity contribution is 7.90. The largest absolute Gasteiger partial charge is 0.358 e. The molecular formula is C19H26N4O4S. The molecule has 1 atom stereocenters. The molecule has 2 rings (SSSR count). The van der Waals surface area contributed by atoms with Crippen molar-refractivity contribution in [3.8, 4) is 12.3 Å². The first-order valence-corrected chi connectivity index (χ1v) is 10.3. The summed E-state index contributed by atoms with van der Waals surface area (Å²) in [6, 6.07) is 6.94. The van der Waals surface area contributed by atoms with Crippen molar-refractivity contribution in [3.05, 3.63) is 29.8 Å². The van der Waals surface area contributed by atoms with Crippen LogP contribution in [0.2, 0.25) is 0 Å². The van der Waals surface area contributed by atoms with Gasteiger partial charge in [0.25, 0.3) is 5.91 Å². The second-order valence-corrected chi connectivity index (χ2v) is 10.0. The lowest BCUT2D eigenvalue weighted by molar-refractivity contribution is -0.126. The molecule has 1 aromatic rings. The first-order chi connectivity index (χ1) is 13.0. The summed E-state index contributed by atoms with van der Waals surface area (Å²) in [7, 11) is -2.23. The Balaban J connectivity index is 2.51. The molecule has 0 spiro atoms. The Labute approximate surface area is 166 Å². The van der Waals surface area contributed by atoms with Crippen molar-refractivity contribution in [3.63, 3.8) is 0 Å². The normalized spacial score (nSPS) is 19.2. The van der Waals surface area contributed by atoms with Crippen LogP contribution in [0, 0.1) is 12.3 Å². The van der Waals surface area contributed by atoms with Gasteiger partial charge in [0, 0.05) is 24.8 Å². The molecule has 0 fully saturated rings. The van der Waals surface area contributed by atoms with E-state index in [1.165, 1.54) is 11.9 Å². The SMILES string of the molecule is C#CCNC1(CNS(=O)(=O)C(C)(C)C)C(=O)N(CC(=O)NC)c2ccccc21. The van der Waals surface area contributed by atoms with Crippen LogP contribution in [0.3, 0.4) is 0 Å². The van der Waals surface area contributed by atoms with Crippen molar-refractivity contribution in [2.75, 3.05) is 31.6 Å². The van der Waals surface area contributed by atoms with Gasteiger partial charge in [0.2, 0.25) is 15.9 Å². The van der Waals surface area contributed by atoms with Gasteiger partial charge in [-0.3, -0.25) is 14.9 Å². The fourth-order valence-corrected chi connectivity index (χ4v) is 3.77. The summed E-state index contributed by atoms with van der Waals surface area (Å²) in [5.41, 5.74) is -0.304. The van der Waals surface area contributed by atoms with Crippen molar-refractivity contribution < 1.29 is 18.0 Å². The molecule has 152 valence electrons. The lowest BCUT2D eigenvalue weighted by Crippen LogP contribution is -2.59. The molecule has 28 heavy (non-hydrogen) atoms. The Morgan fingerprint density at radius 3 is 2.50 bits per heavy atom. The molecule has 8 nitrogen and oxygen atoms in total. The van der Waals surface area contributed by atoms with E-state index in [4.69, 9.17) is 6.42 Å². The van der Waals surface area contributed by atoms with Gasteiger partial charge < -0.3 is 10.2 Å². The summed E-state index contributed by atoms with van der Waals surface area (Å²) in [5, 5.41) is 5.50. The van der Waals surface area contributed by atoms with Gasteiger partial charge >= 0.3 is 0 Å². The summed E-state index contributed by atoms with van der Waals surface area (Å²) >= 11 is 0. The van der Waals surface area contributed by atoms with Crippen LogP contribution >= 0.6 is 0 Å². The number of nitrogens with one attached hydrogen (secondary N) is 3. The summed E-state index contributed by atoms with van der Waals surface area (Å²) < 4.78 is 26.7. The molecule has 1 heterocycles. The molecule has 0 aliphatic carbocycles. The third-order valence-corrected chi connectivity index (χ3v) is 6.81. The third-order valence-electron chi connectivity index (χ3n) is 4.67. The number of nitrogens with zero attached hydrogens (tertiary/aromatic N) is 1. The molecule has 0 radical (unpaired) electrons. The summed E-state index contributed by atoms with van der Waals surface area (Å²) in [6.07, 6.45) is 5.38. The van der Waals surface area contributed by atoms with Crippen LogP contribution in [0.1, 0.15) is 26.3 Å². The standard InChI is InChI=1S/C19H26N4O4S/c1-6-11-21-19(13-22-28(26,27)18(2,3)4)14-9-7-8-10-15(14)23(17(19)25)12-16(24)20-5/h1,7-10,21-22H,11-13H2,2-5H3,(H,20,24). The molecule has 0 aromatic heterocycles. The number of terminal acetylenes is 1. The minimum absolute atomic E-state index is 0.0468. The zero-order valence-electron chi connectivity index (χ0n) is 16.5. The number of amides is 2. The van der Waals surface area contributed by atoms with Crippen LogP contribution in [-0.2, 0) is 25.2 Å². The number of carbonyl (C=O) groups is 2. The van der Waals surface area contributed by atoms with Gasteiger partial charge in [0.15, 0.2) is 0 Å². The highest BCUT2D eigenvalue weighted by atomic mass is 32.2. The van der Waals surface area contributed by atoms with E-state index in [1.54, 1.807) is 45.0 Å². The zero-order valence-corrected chi connectivity index (χ0v) is 17.3. The average molecular weight is 407 g/mol. The predicted molar refractivity (Wildman–Crippen MR) is 108 cm³/mol. The van der Waals surface area contributed by atoms with Gasteiger partial charge in [-0.05, 0) is 26.8 Å². The highest BCUT2D eigenvalue weighted by Gasteiger charge is 2.51. The van der Waals surface area contributed by atoms with Gasteiger partial charge in [0.1, 0.15) is 12.1 Å². The lowest BCUT2D eigenvalue weighted by Gasteiger charge is -2.31. The number of benzene rings is 1. The Morgan fingerprint density at radius 2 is 1.93 bits per heavy atom. The Bertz CT molecular complexity index is 915. The van der Waals surface area contributed by atoms with Crippen molar-refractivity contribution in [1.82, 2.24) is 15.4 Å². The summed E-state index contributed by atoms with van der Waals surface area (Å²) in [6.45, 7) is 4.34. The van der Waals surface area contributed by atoms with E-state index in [2.05, 4.69) is 21.3 Å².